The van der Waals surface area contributed by atoms with E-state index in [-0.39, 0.29) is 5.91 Å². The van der Waals surface area contributed by atoms with Gasteiger partial charge in [-0.2, -0.15) is 0 Å². The first kappa shape index (κ1) is 11.7. The van der Waals surface area contributed by atoms with Gasteiger partial charge in [0.25, 0.3) is 5.91 Å². The third-order valence-electron chi connectivity index (χ3n) is 2.19. The number of carbonyl (C=O) groups excluding carboxylic acids is 1. The first-order valence-electron chi connectivity index (χ1n) is 5.28. The molecule has 1 amide bonds. The zero-order valence-electron chi connectivity index (χ0n) is 9.73. The van der Waals surface area contributed by atoms with Gasteiger partial charge in [0.2, 0.25) is 0 Å². The summed E-state index contributed by atoms with van der Waals surface area (Å²) >= 11 is 1.54. The summed E-state index contributed by atoms with van der Waals surface area (Å²) in [6.45, 7) is 4.25. The average molecular weight is 247 g/mol. The van der Waals surface area contributed by atoms with E-state index in [0.29, 0.717) is 12.2 Å². The number of thiazole rings is 1. The van der Waals surface area contributed by atoms with Crippen molar-refractivity contribution >= 4 is 17.2 Å². The fraction of sp³-hybridized carbons (Fsp3) is 0.250. The van der Waals surface area contributed by atoms with Crippen LogP contribution < -0.4 is 5.32 Å². The summed E-state index contributed by atoms with van der Waals surface area (Å²) in [6.07, 6.45) is 0. The van der Waals surface area contributed by atoms with Crippen molar-refractivity contribution in [3.05, 3.63) is 45.7 Å². The molecule has 0 fully saturated rings. The largest absolute Gasteiger partial charge is 0.344 e. The van der Waals surface area contributed by atoms with Gasteiger partial charge in [0.05, 0.1) is 6.54 Å². The molecule has 0 spiro atoms. The molecule has 0 aliphatic rings. The molecule has 0 aliphatic heterocycles. The van der Waals surface area contributed by atoms with Gasteiger partial charge in [0.15, 0.2) is 0 Å². The maximum atomic E-state index is 11.8. The van der Waals surface area contributed by atoms with Gasteiger partial charge in [-0.1, -0.05) is 6.07 Å². The molecule has 0 radical (unpaired) electrons. The maximum absolute atomic E-state index is 11.8. The molecule has 17 heavy (non-hydrogen) atoms. The molecule has 5 heteroatoms. The van der Waals surface area contributed by atoms with Crippen LogP contribution >= 0.6 is 11.3 Å². The standard InChI is InChI=1S/C12H13N3OS/c1-8-4-3-5-10(14-8)12(16)13-6-11-15-9(2)7-17-11/h3-5,7H,6H2,1-2H3,(H,13,16). The maximum Gasteiger partial charge on any atom is 0.270 e. The van der Waals surface area contributed by atoms with Crippen molar-refractivity contribution in [3.8, 4) is 0 Å². The Balaban J connectivity index is 1.98. The van der Waals surface area contributed by atoms with Gasteiger partial charge >= 0.3 is 0 Å². The number of aromatic nitrogens is 2. The Bertz CT molecular complexity index is 536. The lowest BCUT2D eigenvalue weighted by atomic mass is 10.3. The number of amides is 1. The van der Waals surface area contributed by atoms with E-state index in [0.717, 1.165) is 16.4 Å². The summed E-state index contributed by atoms with van der Waals surface area (Å²) in [6, 6.07) is 5.39. The highest BCUT2D eigenvalue weighted by Crippen LogP contribution is 2.08. The number of carbonyl (C=O) groups is 1. The minimum atomic E-state index is -0.165. The molecule has 0 bridgehead atoms. The first-order chi connectivity index (χ1) is 8.15. The summed E-state index contributed by atoms with van der Waals surface area (Å²) in [4.78, 5) is 20.2. The Morgan fingerprint density at radius 1 is 1.29 bits per heavy atom. The zero-order valence-corrected chi connectivity index (χ0v) is 10.5. The highest BCUT2D eigenvalue weighted by atomic mass is 32.1. The summed E-state index contributed by atoms with van der Waals surface area (Å²) in [5.41, 5.74) is 2.26. The molecule has 0 atom stereocenters. The van der Waals surface area contributed by atoms with Crippen molar-refractivity contribution in [2.75, 3.05) is 0 Å². The molecular weight excluding hydrogens is 234 g/mol. The third kappa shape index (κ3) is 3.10. The average Bonchev–Trinajstić information content (AvgIpc) is 2.72. The third-order valence-corrected chi connectivity index (χ3v) is 3.15. The predicted molar refractivity (Wildman–Crippen MR) is 67.0 cm³/mol. The second-order valence-electron chi connectivity index (χ2n) is 3.73. The van der Waals surface area contributed by atoms with Gasteiger partial charge in [0, 0.05) is 16.8 Å². The topological polar surface area (TPSA) is 54.9 Å². The summed E-state index contributed by atoms with van der Waals surface area (Å²) < 4.78 is 0. The molecule has 0 aliphatic carbocycles. The molecule has 0 saturated carbocycles. The van der Waals surface area contributed by atoms with Gasteiger partial charge in [-0.05, 0) is 26.0 Å². The minimum absolute atomic E-state index is 0.165. The highest BCUT2D eigenvalue weighted by molar-refractivity contribution is 7.09. The molecule has 4 nitrogen and oxygen atoms in total. The number of aryl methyl sites for hydroxylation is 2. The summed E-state index contributed by atoms with van der Waals surface area (Å²) in [7, 11) is 0. The Labute approximate surface area is 104 Å². The number of hydrogen-bond acceptors (Lipinski definition) is 4. The predicted octanol–water partition coefficient (Wildman–Crippen LogP) is 2.08. The van der Waals surface area contributed by atoms with Crippen LogP contribution in [0, 0.1) is 13.8 Å². The van der Waals surface area contributed by atoms with E-state index < -0.39 is 0 Å². The van der Waals surface area contributed by atoms with Crippen LogP contribution in [0.4, 0.5) is 0 Å². The SMILES string of the molecule is Cc1cccc(C(=O)NCc2nc(C)cs2)n1. The van der Waals surface area contributed by atoms with Crippen LogP contribution in [-0.4, -0.2) is 15.9 Å². The van der Waals surface area contributed by atoms with Crippen LogP contribution in [0.5, 0.6) is 0 Å². The number of rotatable bonds is 3. The van der Waals surface area contributed by atoms with Gasteiger partial charge in [-0.25, -0.2) is 9.97 Å². The van der Waals surface area contributed by atoms with E-state index in [1.165, 1.54) is 0 Å². The van der Waals surface area contributed by atoms with E-state index in [4.69, 9.17) is 0 Å². The van der Waals surface area contributed by atoms with Gasteiger partial charge in [-0.15, -0.1) is 11.3 Å². The number of hydrogen-bond donors (Lipinski definition) is 1. The van der Waals surface area contributed by atoms with Gasteiger partial charge in [0.1, 0.15) is 10.7 Å². The molecule has 0 unspecified atom stereocenters. The number of nitrogens with one attached hydrogen (secondary N) is 1. The zero-order chi connectivity index (χ0) is 12.3. The van der Waals surface area contributed by atoms with Crippen molar-refractivity contribution < 1.29 is 4.79 Å². The molecule has 0 aromatic carbocycles. The lowest BCUT2D eigenvalue weighted by molar-refractivity contribution is 0.0945. The van der Waals surface area contributed by atoms with Crippen molar-refractivity contribution in [1.29, 1.82) is 0 Å². The normalized spacial score (nSPS) is 10.2. The second-order valence-corrected chi connectivity index (χ2v) is 4.67. The molecule has 88 valence electrons. The number of pyridine rings is 1. The Morgan fingerprint density at radius 3 is 2.76 bits per heavy atom. The van der Waals surface area contributed by atoms with E-state index >= 15 is 0 Å². The van der Waals surface area contributed by atoms with Crippen LogP contribution in [0.3, 0.4) is 0 Å². The molecule has 0 saturated heterocycles. The fourth-order valence-electron chi connectivity index (χ4n) is 1.40. The van der Waals surface area contributed by atoms with Crippen molar-refractivity contribution in [2.24, 2.45) is 0 Å². The van der Waals surface area contributed by atoms with Crippen molar-refractivity contribution in [2.45, 2.75) is 20.4 Å². The van der Waals surface area contributed by atoms with E-state index in [1.807, 2.05) is 31.4 Å². The van der Waals surface area contributed by atoms with Crippen LogP contribution in [0.2, 0.25) is 0 Å². The van der Waals surface area contributed by atoms with Crippen LogP contribution in [0.15, 0.2) is 23.6 Å². The van der Waals surface area contributed by atoms with Crippen LogP contribution in [0.25, 0.3) is 0 Å². The van der Waals surface area contributed by atoms with E-state index in [1.54, 1.807) is 17.4 Å². The first-order valence-corrected chi connectivity index (χ1v) is 6.16. The highest BCUT2D eigenvalue weighted by Gasteiger charge is 2.07. The molecular formula is C12H13N3OS. The molecule has 2 aromatic heterocycles. The van der Waals surface area contributed by atoms with E-state index in [2.05, 4.69) is 15.3 Å². The van der Waals surface area contributed by atoms with Crippen molar-refractivity contribution in [3.63, 3.8) is 0 Å². The molecule has 2 heterocycles. The lowest BCUT2D eigenvalue weighted by Crippen LogP contribution is -2.23. The second kappa shape index (κ2) is 5.05. The monoisotopic (exact) mass is 247 g/mol. The molecule has 2 rings (SSSR count). The molecule has 2 aromatic rings. The summed E-state index contributed by atoms with van der Waals surface area (Å²) in [5.74, 6) is -0.165. The van der Waals surface area contributed by atoms with Crippen LogP contribution in [0.1, 0.15) is 26.9 Å². The van der Waals surface area contributed by atoms with Crippen molar-refractivity contribution in [1.82, 2.24) is 15.3 Å². The number of nitrogens with zero attached hydrogens (tertiary/aromatic N) is 2. The minimum Gasteiger partial charge on any atom is -0.344 e. The van der Waals surface area contributed by atoms with E-state index in [9.17, 15) is 4.79 Å². The lowest BCUT2D eigenvalue weighted by Gasteiger charge is -2.02. The Kier molecular flexibility index (Phi) is 3.49. The smallest absolute Gasteiger partial charge is 0.270 e. The fourth-order valence-corrected chi connectivity index (χ4v) is 2.11. The quantitative estimate of drug-likeness (QED) is 0.903. The van der Waals surface area contributed by atoms with Crippen LogP contribution in [-0.2, 0) is 6.54 Å². The van der Waals surface area contributed by atoms with Gasteiger partial charge in [-0.3, -0.25) is 4.79 Å². The molecule has 1 N–H and O–H groups in total. The Morgan fingerprint density at radius 2 is 2.12 bits per heavy atom. The van der Waals surface area contributed by atoms with Gasteiger partial charge < -0.3 is 5.32 Å². The Hall–Kier alpha value is -1.75. The summed E-state index contributed by atoms with van der Waals surface area (Å²) in [5, 5.41) is 5.67.